The fourth-order valence-electron chi connectivity index (χ4n) is 3.85. The maximum atomic E-state index is 11.6. The lowest BCUT2D eigenvalue weighted by Gasteiger charge is -2.41. The number of piperidine rings is 1. The molecule has 2 aliphatic rings. The Morgan fingerprint density at radius 1 is 1.50 bits per heavy atom. The van der Waals surface area contributed by atoms with Crippen molar-refractivity contribution in [3.05, 3.63) is 0 Å². The maximum Gasteiger partial charge on any atom is 0.220 e. The van der Waals surface area contributed by atoms with Crippen molar-refractivity contribution in [3.63, 3.8) is 0 Å². The summed E-state index contributed by atoms with van der Waals surface area (Å²) in [6.07, 6.45) is 2.93. The van der Waals surface area contributed by atoms with Gasteiger partial charge < -0.3 is 15.5 Å². The van der Waals surface area contributed by atoms with Crippen LogP contribution in [0.3, 0.4) is 0 Å². The van der Waals surface area contributed by atoms with E-state index in [-0.39, 0.29) is 35.3 Å². The van der Waals surface area contributed by atoms with Crippen LogP contribution in [0.15, 0.2) is 4.99 Å². The summed E-state index contributed by atoms with van der Waals surface area (Å²) in [6, 6.07) is 0.567. The first kappa shape index (κ1) is 21.5. The summed E-state index contributed by atoms with van der Waals surface area (Å²) in [4.78, 5) is 20.9. The van der Waals surface area contributed by atoms with Crippen molar-refractivity contribution in [2.45, 2.75) is 46.1 Å². The highest BCUT2D eigenvalue weighted by Crippen LogP contribution is 2.35. The summed E-state index contributed by atoms with van der Waals surface area (Å²) in [6.45, 7) is 12.4. The first-order valence-corrected chi connectivity index (χ1v) is 8.96. The Kier molecular flexibility index (Phi) is 8.76. The quantitative estimate of drug-likeness (QED) is 0.378. The van der Waals surface area contributed by atoms with Crippen LogP contribution in [0.2, 0.25) is 0 Å². The number of carbonyl (C=O) groups excluding carboxylic acids is 1. The van der Waals surface area contributed by atoms with E-state index in [1.807, 2.05) is 7.05 Å². The predicted molar refractivity (Wildman–Crippen MR) is 110 cm³/mol. The number of aliphatic imine (C=N–C) groups is 1. The van der Waals surface area contributed by atoms with Crippen molar-refractivity contribution >= 4 is 35.8 Å². The van der Waals surface area contributed by atoms with E-state index in [2.05, 4.69) is 46.2 Å². The molecule has 2 heterocycles. The van der Waals surface area contributed by atoms with E-state index in [1.165, 1.54) is 0 Å². The molecule has 1 unspecified atom stereocenters. The molecule has 0 aromatic carbocycles. The largest absolute Gasteiger partial charge is 0.355 e. The van der Waals surface area contributed by atoms with Gasteiger partial charge in [-0.25, -0.2) is 0 Å². The van der Waals surface area contributed by atoms with Crippen molar-refractivity contribution in [1.29, 1.82) is 0 Å². The van der Waals surface area contributed by atoms with E-state index in [0.717, 1.165) is 58.1 Å². The molecule has 2 N–H and O–H groups in total. The Labute approximate surface area is 163 Å². The SMILES string of the molecule is CCN(CCNC(=NC)N1CCCC2(CNC(=O)C2)C1)C(C)C.I. The number of nitrogens with one attached hydrogen (secondary N) is 2. The van der Waals surface area contributed by atoms with Gasteiger partial charge in [-0.2, -0.15) is 0 Å². The number of likely N-dealkylation sites (tertiary alicyclic amines) is 1. The molecule has 2 saturated heterocycles. The molecule has 2 aliphatic heterocycles. The highest BCUT2D eigenvalue weighted by molar-refractivity contribution is 14.0. The van der Waals surface area contributed by atoms with Gasteiger partial charge in [0.15, 0.2) is 5.96 Å². The Bertz CT molecular complexity index is 443. The van der Waals surface area contributed by atoms with E-state index in [1.54, 1.807) is 0 Å². The van der Waals surface area contributed by atoms with Crippen LogP contribution in [-0.4, -0.2) is 74.0 Å². The molecule has 24 heavy (non-hydrogen) atoms. The molecule has 0 aromatic rings. The smallest absolute Gasteiger partial charge is 0.220 e. The summed E-state index contributed by atoms with van der Waals surface area (Å²) >= 11 is 0. The Morgan fingerprint density at radius 2 is 2.25 bits per heavy atom. The minimum absolute atomic E-state index is 0. The van der Waals surface area contributed by atoms with Gasteiger partial charge in [-0.05, 0) is 33.2 Å². The molecule has 0 aromatic heterocycles. The van der Waals surface area contributed by atoms with Crippen molar-refractivity contribution in [1.82, 2.24) is 20.4 Å². The molecule has 0 saturated carbocycles. The average molecular weight is 451 g/mol. The Balaban J connectivity index is 0.00000288. The van der Waals surface area contributed by atoms with Crippen LogP contribution in [0.25, 0.3) is 0 Å². The number of likely N-dealkylation sites (N-methyl/N-ethyl adjacent to an activating group) is 1. The van der Waals surface area contributed by atoms with Gasteiger partial charge in [-0.15, -0.1) is 24.0 Å². The van der Waals surface area contributed by atoms with Gasteiger partial charge in [-0.1, -0.05) is 6.92 Å². The third-order valence-electron chi connectivity index (χ3n) is 5.19. The standard InChI is InChI=1S/C17H33N5O.HI/c1-5-21(14(2)3)10-8-19-16(18-4)22-9-6-7-17(13-22)11-15(23)20-12-17;/h14H,5-13H2,1-4H3,(H,18,19)(H,20,23);1H. The minimum atomic E-state index is 0. The lowest BCUT2D eigenvalue weighted by atomic mass is 9.79. The van der Waals surface area contributed by atoms with E-state index in [0.29, 0.717) is 12.5 Å². The first-order valence-electron chi connectivity index (χ1n) is 8.96. The van der Waals surface area contributed by atoms with Crippen LogP contribution in [0.4, 0.5) is 0 Å². The van der Waals surface area contributed by atoms with Gasteiger partial charge in [0.1, 0.15) is 0 Å². The summed E-state index contributed by atoms with van der Waals surface area (Å²) < 4.78 is 0. The van der Waals surface area contributed by atoms with E-state index in [4.69, 9.17) is 0 Å². The zero-order valence-electron chi connectivity index (χ0n) is 15.6. The van der Waals surface area contributed by atoms with E-state index in [9.17, 15) is 4.79 Å². The average Bonchev–Trinajstić information content (AvgIpc) is 2.87. The summed E-state index contributed by atoms with van der Waals surface area (Å²) in [7, 11) is 1.85. The number of halogens is 1. The fourth-order valence-corrected chi connectivity index (χ4v) is 3.85. The second-order valence-corrected chi connectivity index (χ2v) is 7.17. The lowest BCUT2D eigenvalue weighted by molar-refractivity contribution is -0.119. The van der Waals surface area contributed by atoms with Gasteiger partial charge in [-0.3, -0.25) is 14.7 Å². The third kappa shape index (κ3) is 5.47. The molecular formula is C17H34IN5O. The van der Waals surface area contributed by atoms with Gasteiger partial charge in [0, 0.05) is 57.6 Å². The van der Waals surface area contributed by atoms with Crippen LogP contribution >= 0.6 is 24.0 Å². The Hall–Kier alpha value is -0.570. The number of nitrogens with zero attached hydrogens (tertiary/aromatic N) is 3. The van der Waals surface area contributed by atoms with Crippen LogP contribution in [0, 0.1) is 5.41 Å². The second kappa shape index (κ2) is 9.79. The lowest BCUT2D eigenvalue weighted by Crippen LogP contribution is -2.52. The molecule has 7 heteroatoms. The molecule has 0 radical (unpaired) electrons. The molecule has 1 amide bonds. The highest BCUT2D eigenvalue weighted by atomic mass is 127. The van der Waals surface area contributed by atoms with Crippen molar-refractivity contribution < 1.29 is 4.79 Å². The van der Waals surface area contributed by atoms with E-state index >= 15 is 0 Å². The Morgan fingerprint density at radius 3 is 2.79 bits per heavy atom. The van der Waals surface area contributed by atoms with Gasteiger partial charge in [0.2, 0.25) is 5.91 Å². The summed E-state index contributed by atoms with van der Waals surface area (Å²) in [5.41, 5.74) is 0.111. The zero-order chi connectivity index (χ0) is 16.9. The fraction of sp³-hybridized carbons (Fsp3) is 0.882. The number of hydrogen-bond donors (Lipinski definition) is 2. The topological polar surface area (TPSA) is 60.0 Å². The molecular weight excluding hydrogens is 417 g/mol. The zero-order valence-corrected chi connectivity index (χ0v) is 17.9. The van der Waals surface area contributed by atoms with Gasteiger partial charge in [0.05, 0.1) is 0 Å². The molecule has 6 nitrogen and oxygen atoms in total. The summed E-state index contributed by atoms with van der Waals surface area (Å²) in [5.74, 6) is 1.17. The minimum Gasteiger partial charge on any atom is -0.355 e. The second-order valence-electron chi connectivity index (χ2n) is 7.17. The van der Waals surface area contributed by atoms with Crippen LogP contribution in [0.1, 0.15) is 40.0 Å². The van der Waals surface area contributed by atoms with Gasteiger partial charge >= 0.3 is 0 Å². The van der Waals surface area contributed by atoms with Crippen LogP contribution < -0.4 is 10.6 Å². The third-order valence-corrected chi connectivity index (χ3v) is 5.19. The summed E-state index contributed by atoms with van der Waals surface area (Å²) in [5, 5.41) is 6.51. The molecule has 0 bridgehead atoms. The van der Waals surface area contributed by atoms with Crippen molar-refractivity contribution in [2.75, 3.05) is 46.3 Å². The molecule has 2 fully saturated rings. The molecule has 1 atom stereocenters. The molecule has 140 valence electrons. The normalized spacial score (nSPS) is 24.5. The van der Waals surface area contributed by atoms with Crippen LogP contribution in [0.5, 0.6) is 0 Å². The number of rotatable bonds is 5. The molecule has 2 rings (SSSR count). The highest BCUT2D eigenvalue weighted by Gasteiger charge is 2.42. The number of carbonyl (C=O) groups is 1. The number of guanidine groups is 1. The van der Waals surface area contributed by atoms with Crippen molar-refractivity contribution in [3.8, 4) is 0 Å². The molecule has 0 aliphatic carbocycles. The maximum absolute atomic E-state index is 11.6. The number of amides is 1. The van der Waals surface area contributed by atoms with Crippen molar-refractivity contribution in [2.24, 2.45) is 10.4 Å². The predicted octanol–water partition coefficient (Wildman–Crippen LogP) is 1.51. The van der Waals surface area contributed by atoms with E-state index < -0.39 is 0 Å². The monoisotopic (exact) mass is 451 g/mol. The number of hydrogen-bond acceptors (Lipinski definition) is 3. The van der Waals surface area contributed by atoms with Crippen LogP contribution in [-0.2, 0) is 4.79 Å². The first-order chi connectivity index (χ1) is 11.0. The molecule has 1 spiro atoms. The van der Waals surface area contributed by atoms with Gasteiger partial charge in [0.25, 0.3) is 0 Å².